The second-order valence-corrected chi connectivity index (χ2v) is 5.50. The lowest BCUT2D eigenvalue weighted by Gasteiger charge is -2.37. The molecule has 2 aliphatic rings. The molecule has 118 valence electrons. The third-order valence-corrected chi connectivity index (χ3v) is 4.11. The van der Waals surface area contributed by atoms with E-state index in [1.54, 1.807) is 7.11 Å². The second kappa shape index (κ2) is 5.59. The first kappa shape index (κ1) is 14.1. The van der Waals surface area contributed by atoms with Gasteiger partial charge < -0.3 is 19.5 Å². The molecular weight excluding hydrogens is 292 g/mol. The summed E-state index contributed by atoms with van der Waals surface area (Å²) in [5, 5.41) is 3.22. The Hall–Kier alpha value is -2.53. The minimum absolute atomic E-state index is 0.256. The lowest BCUT2D eigenvalue weighted by molar-refractivity contribution is -0.145. The van der Waals surface area contributed by atoms with Gasteiger partial charge in [0.2, 0.25) is 0 Å². The van der Waals surface area contributed by atoms with E-state index >= 15 is 0 Å². The number of amidine groups is 1. The molecule has 5 heteroatoms. The maximum absolute atomic E-state index is 6.17. The van der Waals surface area contributed by atoms with E-state index in [1.165, 1.54) is 0 Å². The summed E-state index contributed by atoms with van der Waals surface area (Å²) in [6.45, 7) is 1.77. The number of aliphatic imine (C=N–C) groups is 1. The Morgan fingerprint density at radius 3 is 2.74 bits per heavy atom. The molecule has 0 amide bonds. The third kappa shape index (κ3) is 2.33. The van der Waals surface area contributed by atoms with Crippen molar-refractivity contribution in [3.63, 3.8) is 0 Å². The molecule has 2 aliphatic heterocycles. The Labute approximate surface area is 134 Å². The molecule has 2 aromatic carbocycles. The summed E-state index contributed by atoms with van der Waals surface area (Å²) in [4.78, 5) is 4.43. The van der Waals surface area contributed by atoms with Crippen LogP contribution in [-0.4, -0.2) is 38.4 Å². The first-order chi connectivity index (χ1) is 11.3. The highest BCUT2D eigenvalue weighted by molar-refractivity contribution is 5.91. The monoisotopic (exact) mass is 310 g/mol. The van der Waals surface area contributed by atoms with Gasteiger partial charge in [0.15, 0.2) is 23.9 Å². The summed E-state index contributed by atoms with van der Waals surface area (Å²) in [5.41, 5.74) is 2.10. The van der Waals surface area contributed by atoms with Crippen LogP contribution in [0.25, 0.3) is 11.1 Å². The van der Waals surface area contributed by atoms with Gasteiger partial charge in [-0.1, -0.05) is 42.5 Å². The quantitative estimate of drug-likeness (QED) is 0.946. The van der Waals surface area contributed by atoms with Crippen molar-refractivity contribution in [2.24, 2.45) is 4.99 Å². The fourth-order valence-electron chi connectivity index (χ4n) is 2.93. The van der Waals surface area contributed by atoms with Gasteiger partial charge in [0.05, 0.1) is 6.54 Å². The van der Waals surface area contributed by atoms with Gasteiger partial charge in [0.25, 0.3) is 0 Å². The van der Waals surface area contributed by atoms with Crippen LogP contribution in [0.15, 0.2) is 53.5 Å². The predicted molar refractivity (Wildman–Crippen MR) is 88.0 cm³/mol. The fourth-order valence-corrected chi connectivity index (χ4v) is 2.93. The molecule has 0 radical (unpaired) electrons. The SMILES string of the molecule is COC1(C2=NCCN2)COc2c(cccc2-c2ccccc2)O1. The molecule has 1 unspecified atom stereocenters. The van der Waals surface area contributed by atoms with Crippen LogP contribution in [-0.2, 0) is 4.74 Å². The molecule has 1 N–H and O–H groups in total. The fraction of sp³-hybridized carbons (Fsp3) is 0.278. The largest absolute Gasteiger partial charge is 0.482 e. The molecule has 0 saturated carbocycles. The van der Waals surface area contributed by atoms with E-state index in [0.29, 0.717) is 11.6 Å². The molecule has 0 saturated heterocycles. The summed E-state index contributed by atoms with van der Waals surface area (Å²) < 4.78 is 17.9. The molecule has 0 fully saturated rings. The van der Waals surface area contributed by atoms with Crippen molar-refractivity contribution in [3.8, 4) is 22.6 Å². The maximum atomic E-state index is 6.17. The molecule has 0 aromatic heterocycles. The van der Waals surface area contributed by atoms with E-state index in [9.17, 15) is 0 Å². The Morgan fingerprint density at radius 1 is 1.13 bits per heavy atom. The third-order valence-electron chi connectivity index (χ3n) is 4.11. The molecule has 1 atom stereocenters. The number of nitrogens with one attached hydrogen (secondary N) is 1. The van der Waals surface area contributed by atoms with Crippen LogP contribution in [0.4, 0.5) is 0 Å². The molecule has 4 rings (SSSR count). The van der Waals surface area contributed by atoms with Crippen LogP contribution in [0.5, 0.6) is 11.5 Å². The van der Waals surface area contributed by atoms with Gasteiger partial charge >= 0.3 is 5.79 Å². The number of fused-ring (bicyclic) bond motifs is 1. The smallest absolute Gasteiger partial charge is 0.303 e. The molecule has 0 spiro atoms. The van der Waals surface area contributed by atoms with Crippen molar-refractivity contribution in [1.82, 2.24) is 5.32 Å². The van der Waals surface area contributed by atoms with E-state index < -0.39 is 5.79 Å². The number of benzene rings is 2. The van der Waals surface area contributed by atoms with Crippen LogP contribution in [0.3, 0.4) is 0 Å². The zero-order valence-corrected chi connectivity index (χ0v) is 12.9. The first-order valence-electron chi connectivity index (χ1n) is 7.67. The normalized spacial score (nSPS) is 22.4. The van der Waals surface area contributed by atoms with Crippen LogP contribution in [0.2, 0.25) is 0 Å². The van der Waals surface area contributed by atoms with Gasteiger partial charge in [-0.15, -0.1) is 0 Å². The summed E-state index contributed by atoms with van der Waals surface area (Å²) >= 11 is 0. The van der Waals surface area contributed by atoms with E-state index in [4.69, 9.17) is 14.2 Å². The van der Waals surface area contributed by atoms with E-state index in [2.05, 4.69) is 22.4 Å². The van der Waals surface area contributed by atoms with Gasteiger partial charge in [0.1, 0.15) is 0 Å². The number of rotatable bonds is 3. The summed E-state index contributed by atoms with van der Waals surface area (Å²) in [7, 11) is 1.61. The topological polar surface area (TPSA) is 52.1 Å². The molecule has 2 aromatic rings. The molecular formula is C18H18N2O3. The number of ether oxygens (including phenoxy) is 3. The minimum atomic E-state index is -1.00. The highest BCUT2D eigenvalue weighted by Crippen LogP contribution is 2.43. The number of hydrogen-bond donors (Lipinski definition) is 1. The number of nitrogens with zero attached hydrogens (tertiary/aromatic N) is 1. The van der Waals surface area contributed by atoms with Crippen molar-refractivity contribution in [3.05, 3.63) is 48.5 Å². The highest BCUT2D eigenvalue weighted by atomic mass is 16.7. The van der Waals surface area contributed by atoms with Crippen molar-refractivity contribution in [2.45, 2.75) is 5.79 Å². The molecule has 0 bridgehead atoms. The average Bonchev–Trinajstić information content (AvgIpc) is 3.17. The van der Waals surface area contributed by atoms with Crippen LogP contribution in [0, 0.1) is 0 Å². The van der Waals surface area contributed by atoms with Crippen molar-refractivity contribution in [1.29, 1.82) is 0 Å². The molecule has 2 heterocycles. The van der Waals surface area contributed by atoms with E-state index in [-0.39, 0.29) is 6.61 Å². The van der Waals surface area contributed by atoms with E-state index in [0.717, 1.165) is 30.0 Å². The van der Waals surface area contributed by atoms with Gasteiger partial charge in [-0.25, -0.2) is 0 Å². The lowest BCUT2D eigenvalue weighted by Crippen LogP contribution is -2.57. The lowest BCUT2D eigenvalue weighted by atomic mass is 10.0. The Morgan fingerprint density at radius 2 is 2.00 bits per heavy atom. The van der Waals surface area contributed by atoms with Crippen LogP contribution < -0.4 is 14.8 Å². The Balaban J connectivity index is 1.74. The first-order valence-corrected chi connectivity index (χ1v) is 7.67. The zero-order valence-electron chi connectivity index (χ0n) is 12.9. The molecule has 23 heavy (non-hydrogen) atoms. The van der Waals surface area contributed by atoms with Crippen molar-refractivity contribution in [2.75, 3.05) is 26.8 Å². The standard InChI is InChI=1S/C18H18N2O3/c1-21-18(17-19-10-11-20-17)12-22-16-14(8-5-9-15(16)23-18)13-6-3-2-4-7-13/h2-9H,10-12H2,1H3,(H,19,20). The summed E-state index contributed by atoms with van der Waals surface area (Å²) in [6, 6.07) is 16.0. The van der Waals surface area contributed by atoms with E-state index in [1.807, 2.05) is 36.4 Å². The van der Waals surface area contributed by atoms with Crippen molar-refractivity contribution < 1.29 is 14.2 Å². The number of para-hydroxylation sites is 1. The predicted octanol–water partition coefficient (Wildman–Crippen LogP) is 2.47. The Kier molecular flexibility index (Phi) is 3.42. The van der Waals surface area contributed by atoms with Gasteiger partial charge in [-0.2, -0.15) is 0 Å². The van der Waals surface area contributed by atoms with Gasteiger partial charge in [0, 0.05) is 19.2 Å². The van der Waals surface area contributed by atoms with Gasteiger partial charge in [-0.05, 0) is 11.6 Å². The van der Waals surface area contributed by atoms with Crippen LogP contribution in [0.1, 0.15) is 0 Å². The number of methoxy groups -OCH3 is 1. The minimum Gasteiger partial charge on any atom is -0.482 e. The van der Waals surface area contributed by atoms with Crippen molar-refractivity contribution >= 4 is 5.84 Å². The average molecular weight is 310 g/mol. The second-order valence-electron chi connectivity index (χ2n) is 5.50. The zero-order chi connectivity index (χ0) is 15.7. The maximum Gasteiger partial charge on any atom is 0.303 e. The molecule has 0 aliphatic carbocycles. The van der Waals surface area contributed by atoms with Crippen LogP contribution >= 0.6 is 0 Å². The summed E-state index contributed by atoms with van der Waals surface area (Å²) in [5.74, 6) is 1.09. The number of hydrogen-bond acceptors (Lipinski definition) is 5. The highest BCUT2D eigenvalue weighted by Gasteiger charge is 2.45. The summed E-state index contributed by atoms with van der Waals surface area (Å²) in [6.07, 6.45) is 0. The molecule has 5 nitrogen and oxygen atoms in total. The Bertz CT molecular complexity index is 745. The van der Waals surface area contributed by atoms with Gasteiger partial charge in [-0.3, -0.25) is 4.99 Å².